The Balaban J connectivity index is 1.84. The molecule has 0 amide bonds. The van der Waals surface area contributed by atoms with Gasteiger partial charge in [0.25, 0.3) is 0 Å². The predicted molar refractivity (Wildman–Crippen MR) is 65.7 cm³/mol. The molecule has 1 aromatic heterocycles. The SMILES string of the molecule is CC(C)n1nccc1C1(O)CCN(C2CC2)C1. The third-order valence-corrected chi connectivity index (χ3v) is 3.98. The number of rotatable bonds is 3. The Morgan fingerprint density at radius 1 is 1.47 bits per heavy atom. The molecule has 1 aromatic rings. The summed E-state index contributed by atoms with van der Waals surface area (Å²) >= 11 is 0. The first-order chi connectivity index (χ1) is 8.10. The van der Waals surface area contributed by atoms with E-state index < -0.39 is 5.60 Å². The Labute approximate surface area is 102 Å². The van der Waals surface area contributed by atoms with Crippen molar-refractivity contribution >= 4 is 0 Å². The van der Waals surface area contributed by atoms with E-state index in [1.165, 1.54) is 12.8 Å². The van der Waals surface area contributed by atoms with Gasteiger partial charge in [-0.25, -0.2) is 0 Å². The van der Waals surface area contributed by atoms with Crippen molar-refractivity contribution in [2.75, 3.05) is 13.1 Å². The molecule has 1 unspecified atom stereocenters. The molecular weight excluding hydrogens is 214 g/mol. The van der Waals surface area contributed by atoms with Crippen molar-refractivity contribution in [3.63, 3.8) is 0 Å². The van der Waals surface area contributed by atoms with E-state index in [9.17, 15) is 5.11 Å². The summed E-state index contributed by atoms with van der Waals surface area (Å²) < 4.78 is 1.95. The first-order valence-corrected chi connectivity index (χ1v) is 6.60. The highest BCUT2D eigenvalue weighted by Gasteiger charge is 2.44. The van der Waals surface area contributed by atoms with Crippen LogP contribution in [0.3, 0.4) is 0 Å². The van der Waals surface area contributed by atoms with Crippen molar-refractivity contribution in [2.45, 2.75) is 50.8 Å². The van der Waals surface area contributed by atoms with Crippen molar-refractivity contribution < 1.29 is 5.11 Å². The minimum absolute atomic E-state index is 0.305. The van der Waals surface area contributed by atoms with Gasteiger partial charge in [-0.15, -0.1) is 0 Å². The van der Waals surface area contributed by atoms with E-state index >= 15 is 0 Å². The van der Waals surface area contributed by atoms with Gasteiger partial charge in [-0.2, -0.15) is 5.10 Å². The zero-order valence-corrected chi connectivity index (χ0v) is 10.6. The third kappa shape index (κ3) is 1.89. The summed E-state index contributed by atoms with van der Waals surface area (Å²) in [5.74, 6) is 0. The average Bonchev–Trinajstić information content (AvgIpc) is 2.87. The summed E-state index contributed by atoms with van der Waals surface area (Å²) in [5.41, 5.74) is 0.291. The largest absolute Gasteiger partial charge is 0.382 e. The second-order valence-electron chi connectivity index (χ2n) is 5.74. The number of likely N-dealkylation sites (tertiary alicyclic amines) is 1. The van der Waals surface area contributed by atoms with Crippen LogP contribution in [0.5, 0.6) is 0 Å². The van der Waals surface area contributed by atoms with Gasteiger partial charge < -0.3 is 5.11 Å². The summed E-state index contributed by atoms with van der Waals surface area (Å²) in [6.45, 7) is 6.00. The van der Waals surface area contributed by atoms with Gasteiger partial charge in [0.15, 0.2) is 0 Å². The molecular formula is C13H21N3O. The first-order valence-electron chi connectivity index (χ1n) is 6.60. The molecule has 1 saturated heterocycles. The number of nitrogens with zero attached hydrogens (tertiary/aromatic N) is 3. The lowest BCUT2D eigenvalue weighted by molar-refractivity contribution is 0.0349. The molecule has 3 rings (SSSR count). The lowest BCUT2D eigenvalue weighted by atomic mass is 9.98. The highest BCUT2D eigenvalue weighted by atomic mass is 16.3. The van der Waals surface area contributed by atoms with Crippen LogP contribution in [-0.4, -0.2) is 38.9 Å². The van der Waals surface area contributed by atoms with Crippen LogP contribution in [-0.2, 0) is 5.60 Å². The lowest BCUT2D eigenvalue weighted by Crippen LogP contribution is -2.34. The lowest BCUT2D eigenvalue weighted by Gasteiger charge is -2.25. The quantitative estimate of drug-likeness (QED) is 0.863. The Kier molecular flexibility index (Phi) is 2.52. The normalized spacial score (nSPS) is 30.4. The van der Waals surface area contributed by atoms with E-state index in [4.69, 9.17) is 0 Å². The topological polar surface area (TPSA) is 41.3 Å². The van der Waals surface area contributed by atoms with Gasteiger partial charge in [0.05, 0.1) is 5.69 Å². The maximum atomic E-state index is 10.8. The van der Waals surface area contributed by atoms with Crippen molar-refractivity contribution in [2.24, 2.45) is 0 Å². The van der Waals surface area contributed by atoms with E-state index in [0.29, 0.717) is 6.04 Å². The zero-order chi connectivity index (χ0) is 12.0. The van der Waals surface area contributed by atoms with Crippen molar-refractivity contribution in [3.05, 3.63) is 18.0 Å². The van der Waals surface area contributed by atoms with Gasteiger partial charge in [0.2, 0.25) is 0 Å². The van der Waals surface area contributed by atoms with Crippen LogP contribution in [0.2, 0.25) is 0 Å². The van der Waals surface area contributed by atoms with E-state index in [0.717, 1.165) is 31.2 Å². The Hall–Kier alpha value is -0.870. The van der Waals surface area contributed by atoms with E-state index in [-0.39, 0.29) is 0 Å². The van der Waals surface area contributed by atoms with Crippen LogP contribution in [0, 0.1) is 0 Å². The average molecular weight is 235 g/mol. The number of aromatic nitrogens is 2. The van der Waals surface area contributed by atoms with Crippen LogP contribution in [0.25, 0.3) is 0 Å². The second kappa shape index (κ2) is 3.82. The molecule has 1 atom stereocenters. The second-order valence-corrected chi connectivity index (χ2v) is 5.74. The Morgan fingerprint density at radius 2 is 2.24 bits per heavy atom. The molecule has 0 spiro atoms. The molecule has 0 aromatic carbocycles. The molecule has 94 valence electrons. The van der Waals surface area contributed by atoms with Gasteiger partial charge in [0, 0.05) is 31.4 Å². The molecule has 17 heavy (non-hydrogen) atoms. The van der Waals surface area contributed by atoms with E-state index in [2.05, 4.69) is 23.8 Å². The minimum Gasteiger partial charge on any atom is -0.382 e. The van der Waals surface area contributed by atoms with Crippen LogP contribution in [0.15, 0.2) is 12.3 Å². The van der Waals surface area contributed by atoms with Gasteiger partial charge in [0.1, 0.15) is 5.60 Å². The monoisotopic (exact) mass is 235 g/mol. The molecule has 4 nitrogen and oxygen atoms in total. The maximum Gasteiger partial charge on any atom is 0.120 e. The zero-order valence-electron chi connectivity index (χ0n) is 10.6. The fourth-order valence-corrected chi connectivity index (χ4v) is 2.88. The summed E-state index contributed by atoms with van der Waals surface area (Å²) in [6, 6.07) is 3.01. The molecule has 1 N–H and O–H groups in total. The smallest absolute Gasteiger partial charge is 0.120 e. The molecule has 1 aliphatic carbocycles. The summed E-state index contributed by atoms with van der Waals surface area (Å²) in [4.78, 5) is 2.43. The van der Waals surface area contributed by atoms with E-state index in [1.54, 1.807) is 6.20 Å². The summed E-state index contributed by atoms with van der Waals surface area (Å²) in [6.07, 6.45) is 5.24. The molecule has 2 aliphatic rings. The third-order valence-electron chi connectivity index (χ3n) is 3.98. The predicted octanol–water partition coefficient (Wildman–Crippen LogP) is 1.52. The van der Waals surface area contributed by atoms with Gasteiger partial charge in [-0.3, -0.25) is 9.58 Å². The van der Waals surface area contributed by atoms with E-state index in [1.807, 2.05) is 10.7 Å². The highest BCUT2D eigenvalue weighted by molar-refractivity contribution is 5.16. The van der Waals surface area contributed by atoms with Crippen LogP contribution in [0.1, 0.15) is 44.8 Å². The maximum absolute atomic E-state index is 10.8. The van der Waals surface area contributed by atoms with Crippen LogP contribution < -0.4 is 0 Å². The molecule has 1 saturated carbocycles. The Morgan fingerprint density at radius 3 is 2.88 bits per heavy atom. The summed E-state index contributed by atoms with van der Waals surface area (Å²) in [5, 5.41) is 15.2. The number of aliphatic hydroxyl groups is 1. The number of hydrogen-bond acceptors (Lipinski definition) is 3. The molecule has 2 fully saturated rings. The van der Waals surface area contributed by atoms with Crippen molar-refractivity contribution in [1.82, 2.24) is 14.7 Å². The molecule has 1 aliphatic heterocycles. The van der Waals surface area contributed by atoms with Gasteiger partial charge in [-0.1, -0.05) is 0 Å². The van der Waals surface area contributed by atoms with Gasteiger partial charge >= 0.3 is 0 Å². The summed E-state index contributed by atoms with van der Waals surface area (Å²) in [7, 11) is 0. The molecule has 2 heterocycles. The standard InChI is InChI=1S/C13H21N3O/c1-10(2)16-12(5-7-14-16)13(17)6-8-15(9-13)11-3-4-11/h5,7,10-11,17H,3-4,6,8-9H2,1-2H3. The van der Waals surface area contributed by atoms with Crippen LogP contribution in [0.4, 0.5) is 0 Å². The highest BCUT2D eigenvalue weighted by Crippen LogP contribution is 2.38. The Bertz CT molecular complexity index is 411. The number of hydrogen-bond donors (Lipinski definition) is 1. The fraction of sp³-hybridized carbons (Fsp3) is 0.769. The number of β-amino-alcohol motifs (C(OH)–C–C–N with tert-alkyl or cyclic N) is 1. The minimum atomic E-state index is -0.691. The first kappa shape index (κ1) is 11.2. The fourth-order valence-electron chi connectivity index (χ4n) is 2.88. The molecule has 0 radical (unpaired) electrons. The van der Waals surface area contributed by atoms with Crippen LogP contribution >= 0.6 is 0 Å². The van der Waals surface area contributed by atoms with Crippen molar-refractivity contribution in [3.8, 4) is 0 Å². The van der Waals surface area contributed by atoms with Crippen molar-refractivity contribution in [1.29, 1.82) is 0 Å². The molecule has 0 bridgehead atoms. The van der Waals surface area contributed by atoms with Gasteiger partial charge in [-0.05, 0) is 39.2 Å². The molecule has 4 heteroatoms.